The van der Waals surface area contributed by atoms with Gasteiger partial charge in [-0.25, -0.2) is 9.59 Å². The Kier molecular flexibility index (Phi) is 6.92. The molecule has 0 radical (unpaired) electrons. The quantitative estimate of drug-likeness (QED) is 0.503. The summed E-state index contributed by atoms with van der Waals surface area (Å²) in [6.45, 7) is 0.949. The van der Waals surface area contributed by atoms with Crippen LogP contribution < -0.4 is 10.6 Å². The van der Waals surface area contributed by atoms with Crippen LogP contribution in [0.4, 0.5) is 10.5 Å². The number of para-hydroxylation sites is 2. The molecule has 3 N–H and O–H groups in total. The number of carbonyl (C=O) groups is 3. The highest BCUT2D eigenvalue weighted by atomic mass is 16.5. The lowest BCUT2D eigenvalue weighted by Crippen LogP contribution is -2.49. The van der Waals surface area contributed by atoms with E-state index in [1.54, 1.807) is 4.90 Å². The first-order valence-corrected chi connectivity index (χ1v) is 11.1. The molecule has 1 aliphatic heterocycles. The third-order valence-electron chi connectivity index (χ3n) is 6.08. The molecule has 1 atom stereocenters. The number of anilines is 1. The molecular formula is C25H28N4O4. The highest BCUT2D eigenvalue weighted by Gasteiger charge is 2.31. The highest BCUT2D eigenvalue weighted by molar-refractivity contribution is 5.90. The number of rotatable bonds is 6. The summed E-state index contributed by atoms with van der Waals surface area (Å²) < 4.78 is 4.94. The minimum absolute atomic E-state index is 0.174. The highest BCUT2D eigenvalue weighted by Crippen LogP contribution is 2.21. The number of benzene rings is 2. The Morgan fingerprint density at radius 1 is 1.06 bits per heavy atom. The normalized spacial score (nSPS) is 15.1. The van der Waals surface area contributed by atoms with E-state index in [-0.39, 0.29) is 17.9 Å². The van der Waals surface area contributed by atoms with Gasteiger partial charge < -0.3 is 25.3 Å². The van der Waals surface area contributed by atoms with E-state index in [0.29, 0.717) is 32.4 Å². The van der Waals surface area contributed by atoms with Crippen molar-refractivity contribution >= 4 is 34.5 Å². The van der Waals surface area contributed by atoms with Crippen LogP contribution in [0.25, 0.3) is 10.9 Å². The monoisotopic (exact) mass is 448 g/mol. The summed E-state index contributed by atoms with van der Waals surface area (Å²) in [6.07, 6.45) is 3.27. The molecule has 1 fully saturated rings. The van der Waals surface area contributed by atoms with Crippen LogP contribution in [0.1, 0.15) is 18.4 Å². The zero-order valence-electron chi connectivity index (χ0n) is 18.5. The van der Waals surface area contributed by atoms with Crippen molar-refractivity contribution in [1.29, 1.82) is 0 Å². The van der Waals surface area contributed by atoms with Gasteiger partial charge in [0, 0.05) is 48.2 Å². The van der Waals surface area contributed by atoms with E-state index in [4.69, 9.17) is 4.74 Å². The Bertz CT molecular complexity index is 1120. The van der Waals surface area contributed by atoms with Crippen molar-refractivity contribution in [2.75, 3.05) is 25.5 Å². The molecule has 3 amide bonds. The van der Waals surface area contributed by atoms with Gasteiger partial charge in [-0.15, -0.1) is 0 Å². The van der Waals surface area contributed by atoms with Crippen molar-refractivity contribution in [3.05, 3.63) is 66.4 Å². The predicted octanol–water partition coefficient (Wildman–Crippen LogP) is 3.31. The molecule has 33 heavy (non-hydrogen) atoms. The minimum Gasteiger partial charge on any atom is -0.467 e. The molecule has 0 saturated carbocycles. The standard InChI is InChI=1S/C25H28N4O4/c1-33-24(31)22(15-18-16-26-21-10-6-5-9-20(18)21)28-23(30)17-11-13-29(14-12-17)25(32)27-19-7-3-2-4-8-19/h2-10,16-17,22,26H,11-15H2,1H3,(H,27,32)(H,28,30). The molecule has 8 heteroatoms. The number of aromatic nitrogens is 1. The number of esters is 1. The maximum atomic E-state index is 12.9. The lowest BCUT2D eigenvalue weighted by Gasteiger charge is -2.32. The van der Waals surface area contributed by atoms with Gasteiger partial charge in [0.25, 0.3) is 0 Å². The average molecular weight is 449 g/mol. The second kappa shape index (κ2) is 10.2. The summed E-state index contributed by atoms with van der Waals surface area (Å²) >= 11 is 0. The molecule has 0 spiro atoms. The molecular weight excluding hydrogens is 420 g/mol. The van der Waals surface area contributed by atoms with E-state index >= 15 is 0 Å². The predicted molar refractivity (Wildman–Crippen MR) is 126 cm³/mol. The molecule has 172 valence electrons. The average Bonchev–Trinajstić information content (AvgIpc) is 3.26. The molecule has 8 nitrogen and oxygen atoms in total. The number of ether oxygens (including phenoxy) is 1. The second-order valence-electron chi connectivity index (χ2n) is 8.21. The maximum absolute atomic E-state index is 12.9. The van der Waals surface area contributed by atoms with E-state index in [1.165, 1.54) is 7.11 Å². The van der Waals surface area contributed by atoms with Crippen molar-refractivity contribution in [2.45, 2.75) is 25.3 Å². The van der Waals surface area contributed by atoms with Gasteiger partial charge in [0.1, 0.15) is 6.04 Å². The number of fused-ring (bicyclic) bond motifs is 1. The summed E-state index contributed by atoms with van der Waals surface area (Å²) in [5, 5.41) is 6.76. The van der Waals surface area contributed by atoms with E-state index in [2.05, 4.69) is 15.6 Å². The fraction of sp³-hybridized carbons (Fsp3) is 0.320. The number of H-pyrrole nitrogens is 1. The largest absolute Gasteiger partial charge is 0.467 e. The smallest absolute Gasteiger partial charge is 0.328 e. The first-order valence-electron chi connectivity index (χ1n) is 11.1. The van der Waals surface area contributed by atoms with Crippen molar-refractivity contribution in [1.82, 2.24) is 15.2 Å². The number of hydrogen-bond acceptors (Lipinski definition) is 4. The summed E-state index contributed by atoms with van der Waals surface area (Å²) in [5.74, 6) is -0.928. The SMILES string of the molecule is COC(=O)C(Cc1c[nH]c2ccccc12)NC(=O)C1CCN(C(=O)Nc2ccccc2)CC1. The Morgan fingerprint density at radius 2 is 1.76 bits per heavy atom. The van der Waals surface area contributed by atoms with Crippen LogP contribution in [0.3, 0.4) is 0 Å². The van der Waals surface area contributed by atoms with Gasteiger partial charge in [0.2, 0.25) is 5.91 Å². The van der Waals surface area contributed by atoms with E-state index in [1.807, 2.05) is 60.8 Å². The molecule has 1 aromatic heterocycles. The van der Waals surface area contributed by atoms with Crippen LogP contribution >= 0.6 is 0 Å². The van der Waals surface area contributed by atoms with Crippen molar-refractivity contribution in [3.8, 4) is 0 Å². The number of nitrogens with one attached hydrogen (secondary N) is 3. The Hall–Kier alpha value is -3.81. The van der Waals surface area contributed by atoms with Crippen molar-refractivity contribution < 1.29 is 19.1 Å². The summed E-state index contributed by atoms with van der Waals surface area (Å²) in [6, 6.07) is 16.1. The van der Waals surface area contributed by atoms with E-state index in [9.17, 15) is 14.4 Å². The van der Waals surface area contributed by atoms with E-state index < -0.39 is 12.0 Å². The van der Waals surface area contributed by atoms with Crippen LogP contribution in [0.2, 0.25) is 0 Å². The van der Waals surface area contributed by atoms with Crippen LogP contribution in [0.5, 0.6) is 0 Å². The molecule has 4 rings (SSSR count). The summed E-state index contributed by atoms with van der Waals surface area (Å²) in [4.78, 5) is 42.7. The summed E-state index contributed by atoms with van der Waals surface area (Å²) in [5.41, 5.74) is 2.65. The molecule has 2 aromatic carbocycles. The van der Waals surface area contributed by atoms with Gasteiger partial charge >= 0.3 is 12.0 Å². The minimum atomic E-state index is -0.777. The van der Waals surface area contributed by atoms with Gasteiger partial charge in [0.15, 0.2) is 0 Å². The molecule has 1 saturated heterocycles. The Labute approximate surface area is 192 Å². The second-order valence-corrected chi connectivity index (χ2v) is 8.21. The number of piperidine rings is 1. The third-order valence-corrected chi connectivity index (χ3v) is 6.08. The molecule has 2 heterocycles. The third kappa shape index (κ3) is 5.34. The molecule has 0 bridgehead atoms. The molecule has 0 aliphatic carbocycles. The first kappa shape index (κ1) is 22.4. The number of urea groups is 1. The number of hydrogen-bond donors (Lipinski definition) is 3. The fourth-order valence-electron chi connectivity index (χ4n) is 4.21. The number of amides is 3. The van der Waals surface area contributed by atoms with Crippen LogP contribution in [-0.4, -0.2) is 54.0 Å². The summed E-state index contributed by atoms with van der Waals surface area (Å²) in [7, 11) is 1.32. The molecule has 1 unspecified atom stereocenters. The zero-order chi connectivity index (χ0) is 23.2. The number of carbonyl (C=O) groups excluding carboxylic acids is 3. The lowest BCUT2D eigenvalue weighted by molar-refractivity contribution is -0.145. The van der Waals surface area contributed by atoms with Gasteiger partial charge in [-0.3, -0.25) is 4.79 Å². The lowest BCUT2D eigenvalue weighted by atomic mass is 9.95. The van der Waals surface area contributed by atoms with Crippen LogP contribution in [-0.2, 0) is 20.7 Å². The maximum Gasteiger partial charge on any atom is 0.328 e. The number of aromatic amines is 1. The van der Waals surface area contributed by atoms with Crippen molar-refractivity contribution in [2.24, 2.45) is 5.92 Å². The van der Waals surface area contributed by atoms with Gasteiger partial charge in [-0.05, 0) is 36.6 Å². The molecule has 1 aliphatic rings. The van der Waals surface area contributed by atoms with Crippen LogP contribution in [0.15, 0.2) is 60.8 Å². The van der Waals surface area contributed by atoms with Gasteiger partial charge in [-0.1, -0.05) is 36.4 Å². The van der Waals surface area contributed by atoms with Gasteiger partial charge in [-0.2, -0.15) is 0 Å². The first-order chi connectivity index (χ1) is 16.0. The Balaban J connectivity index is 1.34. The van der Waals surface area contributed by atoms with Crippen molar-refractivity contribution in [3.63, 3.8) is 0 Å². The number of methoxy groups -OCH3 is 1. The fourth-order valence-corrected chi connectivity index (χ4v) is 4.21. The van der Waals surface area contributed by atoms with E-state index in [0.717, 1.165) is 22.2 Å². The molecule has 3 aromatic rings. The topological polar surface area (TPSA) is 104 Å². The van der Waals surface area contributed by atoms with Crippen LogP contribution in [0, 0.1) is 5.92 Å². The zero-order valence-corrected chi connectivity index (χ0v) is 18.5. The number of nitrogens with zero attached hydrogens (tertiary/aromatic N) is 1. The number of likely N-dealkylation sites (tertiary alicyclic amines) is 1. The van der Waals surface area contributed by atoms with Gasteiger partial charge in [0.05, 0.1) is 7.11 Å². The Morgan fingerprint density at radius 3 is 2.48 bits per heavy atom.